The minimum Gasteiger partial charge on any atom is -0.376 e. The summed E-state index contributed by atoms with van der Waals surface area (Å²) in [4.78, 5) is 0. The fourth-order valence-corrected chi connectivity index (χ4v) is 2.22. The number of rotatable bonds is 1. The summed E-state index contributed by atoms with van der Waals surface area (Å²) in [6, 6.07) is 0. The van der Waals surface area contributed by atoms with Gasteiger partial charge in [0.25, 0.3) is 0 Å². The molecule has 0 amide bonds. The van der Waals surface area contributed by atoms with Crippen LogP contribution in [0.2, 0.25) is 0 Å². The van der Waals surface area contributed by atoms with Crippen molar-refractivity contribution in [3.05, 3.63) is 23.0 Å². The zero-order chi connectivity index (χ0) is 10.1. The molecule has 80 valence electrons. The molecule has 1 aromatic heterocycles. The van der Waals surface area contributed by atoms with Gasteiger partial charge in [0.1, 0.15) is 0 Å². The molecule has 3 rings (SSSR count). The predicted octanol–water partition coefficient (Wildman–Crippen LogP) is 0.859. The Morgan fingerprint density at radius 1 is 1.33 bits per heavy atom. The molecule has 15 heavy (non-hydrogen) atoms. The Kier molecular flexibility index (Phi) is 2.31. The van der Waals surface area contributed by atoms with Gasteiger partial charge >= 0.3 is 0 Å². The van der Waals surface area contributed by atoms with Crippen molar-refractivity contribution in [1.29, 1.82) is 0 Å². The lowest BCUT2D eigenvalue weighted by molar-refractivity contribution is 0.110. The first-order valence-electron chi connectivity index (χ1n) is 5.49. The third kappa shape index (κ3) is 1.60. The average Bonchev–Trinajstić information content (AvgIpc) is 2.74. The van der Waals surface area contributed by atoms with E-state index in [1.54, 1.807) is 0 Å². The molecule has 4 nitrogen and oxygen atoms in total. The van der Waals surface area contributed by atoms with Gasteiger partial charge in [-0.15, -0.1) is 0 Å². The Morgan fingerprint density at radius 3 is 3.20 bits per heavy atom. The van der Waals surface area contributed by atoms with E-state index in [1.807, 2.05) is 0 Å². The molecule has 0 fully saturated rings. The maximum absolute atomic E-state index is 5.48. The monoisotopic (exact) mass is 205 g/mol. The van der Waals surface area contributed by atoms with Crippen LogP contribution in [0.1, 0.15) is 23.4 Å². The van der Waals surface area contributed by atoms with E-state index < -0.39 is 0 Å². The molecule has 4 heteroatoms. The lowest BCUT2D eigenvalue weighted by Crippen LogP contribution is -2.20. The highest BCUT2D eigenvalue weighted by Gasteiger charge is 2.20. The van der Waals surface area contributed by atoms with Gasteiger partial charge in [-0.25, -0.2) is 0 Å². The molecule has 0 unspecified atom stereocenters. The first kappa shape index (κ1) is 9.12. The molecule has 0 bridgehead atoms. The predicted molar refractivity (Wildman–Crippen MR) is 57.4 cm³/mol. The number of aromatic nitrogens is 2. The molecule has 0 radical (unpaired) electrons. The van der Waals surface area contributed by atoms with Crippen LogP contribution in [-0.4, -0.2) is 29.9 Å². The van der Waals surface area contributed by atoms with E-state index in [2.05, 4.69) is 21.6 Å². The summed E-state index contributed by atoms with van der Waals surface area (Å²) >= 11 is 0. The van der Waals surface area contributed by atoms with Crippen molar-refractivity contribution in [2.24, 2.45) is 0 Å². The molecule has 0 aliphatic carbocycles. The molecule has 0 aromatic carbocycles. The molecule has 3 heterocycles. The van der Waals surface area contributed by atoms with Crippen molar-refractivity contribution in [2.45, 2.75) is 19.4 Å². The summed E-state index contributed by atoms with van der Waals surface area (Å²) in [7, 11) is 0. The number of hydrogen-bond donors (Lipinski definition) is 2. The lowest BCUT2D eigenvalue weighted by Gasteiger charge is -2.16. The van der Waals surface area contributed by atoms with E-state index in [0.29, 0.717) is 6.61 Å². The van der Waals surface area contributed by atoms with Crippen LogP contribution in [0.3, 0.4) is 0 Å². The second-order valence-corrected chi connectivity index (χ2v) is 4.02. The Balaban J connectivity index is 1.97. The molecular formula is C11H15N3O. The molecule has 1 aromatic rings. The Labute approximate surface area is 88.7 Å². The smallest absolute Gasteiger partial charge is 0.0936 e. The number of hydrogen-bond acceptors (Lipinski definition) is 3. The second-order valence-electron chi connectivity index (χ2n) is 4.02. The minimum atomic E-state index is 0.714. The van der Waals surface area contributed by atoms with E-state index in [1.165, 1.54) is 16.8 Å². The number of ether oxygens (including phenoxy) is 1. The molecule has 2 aliphatic heterocycles. The second kappa shape index (κ2) is 3.79. The Hall–Kier alpha value is -1.13. The van der Waals surface area contributed by atoms with Crippen LogP contribution in [-0.2, 0) is 17.8 Å². The summed E-state index contributed by atoms with van der Waals surface area (Å²) in [6.07, 6.45) is 4.26. The molecule has 0 saturated heterocycles. The van der Waals surface area contributed by atoms with Crippen LogP contribution in [0.4, 0.5) is 0 Å². The SMILES string of the molecule is C1=C(c2n[nH]c3c2COCC3)CCNC1. The minimum absolute atomic E-state index is 0.714. The van der Waals surface area contributed by atoms with Crippen molar-refractivity contribution < 1.29 is 4.74 Å². The van der Waals surface area contributed by atoms with E-state index in [9.17, 15) is 0 Å². The van der Waals surface area contributed by atoms with Gasteiger partial charge < -0.3 is 10.1 Å². The third-order valence-corrected chi connectivity index (χ3v) is 3.06. The van der Waals surface area contributed by atoms with Crippen LogP contribution >= 0.6 is 0 Å². The van der Waals surface area contributed by atoms with Crippen LogP contribution < -0.4 is 5.32 Å². The largest absolute Gasteiger partial charge is 0.376 e. The normalized spacial score (nSPS) is 20.9. The van der Waals surface area contributed by atoms with Gasteiger partial charge in [-0.3, -0.25) is 5.10 Å². The highest BCUT2D eigenvalue weighted by atomic mass is 16.5. The van der Waals surface area contributed by atoms with Crippen molar-refractivity contribution in [3.8, 4) is 0 Å². The van der Waals surface area contributed by atoms with Gasteiger partial charge in [-0.05, 0) is 18.5 Å². The van der Waals surface area contributed by atoms with Crippen molar-refractivity contribution in [3.63, 3.8) is 0 Å². The van der Waals surface area contributed by atoms with Crippen LogP contribution in [0, 0.1) is 0 Å². The highest BCUT2D eigenvalue weighted by Crippen LogP contribution is 2.26. The van der Waals surface area contributed by atoms with Crippen molar-refractivity contribution >= 4 is 5.57 Å². The van der Waals surface area contributed by atoms with E-state index in [4.69, 9.17) is 4.74 Å². The van der Waals surface area contributed by atoms with Crippen molar-refractivity contribution in [2.75, 3.05) is 19.7 Å². The Bertz CT molecular complexity index is 395. The number of aromatic amines is 1. The third-order valence-electron chi connectivity index (χ3n) is 3.06. The molecule has 0 saturated carbocycles. The zero-order valence-corrected chi connectivity index (χ0v) is 8.68. The molecule has 0 spiro atoms. The van der Waals surface area contributed by atoms with Crippen LogP contribution in [0.15, 0.2) is 6.08 Å². The summed E-state index contributed by atoms with van der Waals surface area (Å²) in [5.41, 5.74) is 5.02. The van der Waals surface area contributed by atoms with Crippen molar-refractivity contribution in [1.82, 2.24) is 15.5 Å². The first-order chi connectivity index (χ1) is 7.45. The fraction of sp³-hybridized carbons (Fsp3) is 0.545. The first-order valence-corrected chi connectivity index (χ1v) is 5.49. The maximum Gasteiger partial charge on any atom is 0.0936 e. The number of H-pyrrole nitrogens is 1. The van der Waals surface area contributed by atoms with Gasteiger partial charge in [0.15, 0.2) is 0 Å². The molecule has 2 aliphatic rings. The van der Waals surface area contributed by atoms with E-state index in [0.717, 1.165) is 38.2 Å². The van der Waals surface area contributed by atoms with E-state index in [-0.39, 0.29) is 0 Å². The topological polar surface area (TPSA) is 49.9 Å². The summed E-state index contributed by atoms with van der Waals surface area (Å²) in [5, 5.41) is 10.9. The quantitative estimate of drug-likeness (QED) is 0.715. The average molecular weight is 205 g/mol. The van der Waals surface area contributed by atoms with Crippen LogP contribution in [0.25, 0.3) is 5.57 Å². The zero-order valence-electron chi connectivity index (χ0n) is 8.68. The van der Waals surface area contributed by atoms with Gasteiger partial charge in [-0.1, -0.05) is 6.08 Å². The van der Waals surface area contributed by atoms with Crippen LogP contribution in [0.5, 0.6) is 0 Å². The van der Waals surface area contributed by atoms with Gasteiger partial charge in [-0.2, -0.15) is 5.10 Å². The van der Waals surface area contributed by atoms with E-state index >= 15 is 0 Å². The molecular weight excluding hydrogens is 190 g/mol. The number of fused-ring (bicyclic) bond motifs is 1. The highest BCUT2D eigenvalue weighted by molar-refractivity contribution is 5.67. The standard InChI is InChI=1S/C11H15N3O/c1-4-12-5-2-8(1)11-9-7-15-6-3-10(9)13-14-11/h1,12H,2-7H2,(H,13,14). The van der Waals surface area contributed by atoms with Gasteiger partial charge in [0.05, 0.1) is 18.9 Å². The fourth-order valence-electron chi connectivity index (χ4n) is 2.22. The maximum atomic E-state index is 5.48. The van der Waals surface area contributed by atoms with Gasteiger partial charge in [0, 0.05) is 24.2 Å². The Morgan fingerprint density at radius 2 is 2.33 bits per heavy atom. The summed E-state index contributed by atoms with van der Waals surface area (Å²) < 4.78 is 5.48. The number of nitrogens with zero attached hydrogens (tertiary/aromatic N) is 1. The lowest BCUT2D eigenvalue weighted by atomic mass is 10.00. The molecule has 0 atom stereocenters. The number of nitrogens with one attached hydrogen (secondary N) is 2. The summed E-state index contributed by atoms with van der Waals surface area (Å²) in [5.74, 6) is 0. The summed E-state index contributed by atoms with van der Waals surface area (Å²) in [6.45, 7) is 3.54. The van der Waals surface area contributed by atoms with Gasteiger partial charge in [0.2, 0.25) is 0 Å². The molecule has 2 N–H and O–H groups in total.